The largest absolute Gasteiger partial charge is 0.251 e. The number of hydrogen-bond acceptors (Lipinski definition) is 1. The topological polar surface area (TPSA) is 43.1 Å². The molecule has 0 aliphatic heterocycles. The molecule has 1 aromatic carbocycles. The highest BCUT2D eigenvalue weighted by molar-refractivity contribution is 7.84. The van der Waals surface area contributed by atoms with Crippen LogP contribution in [-0.2, 0) is 11.0 Å². The number of rotatable bonds is 4. The number of benzene rings is 1. The molecule has 0 bridgehead atoms. The van der Waals surface area contributed by atoms with Crippen molar-refractivity contribution < 1.29 is 4.21 Å². The van der Waals surface area contributed by atoms with Crippen molar-refractivity contribution in [3.63, 3.8) is 0 Å². The van der Waals surface area contributed by atoms with Gasteiger partial charge in [0.2, 0.25) is 0 Å². The van der Waals surface area contributed by atoms with E-state index in [4.69, 9.17) is 5.14 Å². The zero-order chi connectivity index (χ0) is 13.1. The Labute approximate surface area is 107 Å². The lowest BCUT2D eigenvalue weighted by atomic mass is 9.96. The highest BCUT2D eigenvalue weighted by Gasteiger charge is 2.19. The molecule has 3 heteroatoms. The van der Waals surface area contributed by atoms with Crippen LogP contribution < -0.4 is 5.14 Å². The Kier molecular flexibility index (Phi) is 4.66. The normalized spacial score (nSPS) is 14.5. The molecule has 17 heavy (non-hydrogen) atoms. The average Bonchev–Trinajstić information content (AvgIpc) is 2.26. The third kappa shape index (κ3) is 3.79. The Hall–Kier alpha value is -0.930. The standard InChI is InChI=1S/C14H21NOS/c1-11(2)13-8-6-5-7-12(13)9-10-14(3,4)17(15)16/h5-11H,15H2,1-4H3. The predicted molar refractivity (Wildman–Crippen MR) is 76.0 cm³/mol. The second-order valence-corrected chi connectivity index (χ2v) is 6.66. The van der Waals surface area contributed by atoms with Crippen LogP contribution in [0.4, 0.5) is 0 Å². The van der Waals surface area contributed by atoms with Gasteiger partial charge in [0.25, 0.3) is 0 Å². The van der Waals surface area contributed by atoms with Gasteiger partial charge in [-0.25, -0.2) is 4.21 Å². The minimum absolute atomic E-state index is 0.474. The molecule has 0 heterocycles. The van der Waals surface area contributed by atoms with Crippen molar-refractivity contribution >= 4 is 17.1 Å². The summed E-state index contributed by atoms with van der Waals surface area (Å²) < 4.78 is 10.8. The SMILES string of the molecule is CC(C)c1ccccc1C=CC(C)(C)S(N)=O. The summed E-state index contributed by atoms with van der Waals surface area (Å²) in [4.78, 5) is 0. The second kappa shape index (κ2) is 5.61. The van der Waals surface area contributed by atoms with E-state index in [0.29, 0.717) is 5.92 Å². The zero-order valence-electron chi connectivity index (χ0n) is 10.9. The molecule has 1 atom stereocenters. The van der Waals surface area contributed by atoms with Crippen LogP contribution in [0.15, 0.2) is 30.3 Å². The first-order chi connectivity index (χ1) is 7.84. The average molecular weight is 251 g/mol. The Morgan fingerprint density at radius 2 is 1.88 bits per heavy atom. The summed E-state index contributed by atoms with van der Waals surface area (Å²) in [5.74, 6) is 0.474. The molecule has 2 N–H and O–H groups in total. The molecule has 0 aliphatic carbocycles. The van der Waals surface area contributed by atoms with Gasteiger partial charge in [-0.1, -0.05) is 50.3 Å². The molecule has 0 saturated carbocycles. The monoisotopic (exact) mass is 251 g/mol. The predicted octanol–water partition coefficient (Wildman–Crippen LogP) is 3.22. The van der Waals surface area contributed by atoms with Crippen LogP contribution in [-0.4, -0.2) is 8.96 Å². The Balaban J connectivity index is 3.03. The van der Waals surface area contributed by atoms with Crippen LogP contribution >= 0.6 is 0 Å². The van der Waals surface area contributed by atoms with Gasteiger partial charge in [0.05, 0.1) is 15.7 Å². The van der Waals surface area contributed by atoms with Gasteiger partial charge in [0.15, 0.2) is 0 Å². The van der Waals surface area contributed by atoms with Crippen molar-refractivity contribution in [2.45, 2.75) is 38.4 Å². The summed E-state index contributed by atoms with van der Waals surface area (Å²) in [6.45, 7) is 8.08. The van der Waals surface area contributed by atoms with Crippen LogP contribution in [0.1, 0.15) is 44.7 Å². The Bertz CT molecular complexity index is 436. The lowest BCUT2D eigenvalue weighted by Gasteiger charge is -2.16. The van der Waals surface area contributed by atoms with Gasteiger partial charge in [0, 0.05) is 0 Å². The van der Waals surface area contributed by atoms with Gasteiger partial charge in [-0.05, 0) is 30.9 Å². The van der Waals surface area contributed by atoms with E-state index in [2.05, 4.69) is 26.0 Å². The van der Waals surface area contributed by atoms with Gasteiger partial charge < -0.3 is 0 Å². The summed E-state index contributed by atoms with van der Waals surface area (Å²) in [6.07, 6.45) is 3.93. The second-order valence-electron chi connectivity index (χ2n) is 5.02. The summed E-state index contributed by atoms with van der Waals surface area (Å²) >= 11 is 0. The maximum absolute atomic E-state index is 11.3. The highest BCUT2D eigenvalue weighted by Crippen LogP contribution is 2.22. The molecule has 0 amide bonds. The van der Waals surface area contributed by atoms with E-state index in [1.54, 1.807) is 0 Å². The fourth-order valence-electron chi connectivity index (χ4n) is 1.55. The van der Waals surface area contributed by atoms with Crippen molar-refractivity contribution in [2.24, 2.45) is 5.14 Å². The van der Waals surface area contributed by atoms with Crippen LogP contribution in [0.3, 0.4) is 0 Å². The van der Waals surface area contributed by atoms with Gasteiger partial charge in [-0.3, -0.25) is 5.14 Å². The molecule has 2 nitrogen and oxygen atoms in total. The molecule has 0 aliphatic rings. The summed E-state index contributed by atoms with van der Waals surface area (Å²) in [7, 11) is -1.35. The summed E-state index contributed by atoms with van der Waals surface area (Å²) in [5.41, 5.74) is 2.46. The minimum Gasteiger partial charge on any atom is -0.251 e. The molecule has 1 aromatic rings. The van der Waals surface area contributed by atoms with Gasteiger partial charge in [-0.15, -0.1) is 0 Å². The first-order valence-electron chi connectivity index (χ1n) is 5.79. The van der Waals surface area contributed by atoms with Crippen molar-refractivity contribution in [3.8, 4) is 0 Å². The smallest absolute Gasteiger partial charge is 0.0984 e. The molecule has 0 fully saturated rings. The third-order valence-electron chi connectivity index (χ3n) is 2.80. The molecule has 0 spiro atoms. The maximum Gasteiger partial charge on any atom is 0.0984 e. The van der Waals surface area contributed by atoms with Gasteiger partial charge in [-0.2, -0.15) is 0 Å². The van der Waals surface area contributed by atoms with Crippen LogP contribution in [0.2, 0.25) is 0 Å². The van der Waals surface area contributed by atoms with E-state index in [1.165, 1.54) is 11.1 Å². The molecule has 0 saturated heterocycles. The van der Waals surface area contributed by atoms with E-state index in [1.807, 2.05) is 38.1 Å². The lowest BCUT2D eigenvalue weighted by molar-refractivity contribution is 0.665. The molecule has 1 unspecified atom stereocenters. The minimum atomic E-state index is -1.35. The first-order valence-corrected chi connectivity index (χ1v) is 7.00. The van der Waals surface area contributed by atoms with E-state index < -0.39 is 15.7 Å². The maximum atomic E-state index is 11.3. The van der Waals surface area contributed by atoms with Crippen molar-refractivity contribution in [1.82, 2.24) is 0 Å². The molecule has 0 aromatic heterocycles. The fourth-order valence-corrected chi connectivity index (χ4v) is 1.75. The van der Waals surface area contributed by atoms with Crippen LogP contribution in [0, 0.1) is 0 Å². The van der Waals surface area contributed by atoms with Crippen LogP contribution in [0.25, 0.3) is 6.08 Å². The van der Waals surface area contributed by atoms with E-state index in [0.717, 1.165) is 0 Å². The van der Waals surface area contributed by atoms with Crippen molar-refractivity contribution in [1.29, 1.82) is 0 Å². The molecule has 94 valence electrons. The van der Waals surface area contributed by atoms with Crippen molar-refractivity contribution in [3.05, 3.63) is 41.5 Å². The highest BCUT2D eigenvalue weighted by atomic mass is 32.2. The quantitative estimate of drug-likeness (QED) is 0.877. The first kappa shape index (κ1) is 14.1. The molecule has 0 radical (unpaired) electrons. The van der Waals surface area contributed by atoms with Gasteiger partial charge in [0.1, 0.15) is 0 Å². The summed E-state index contributed by atoms with van der Waals surface area (Å²) in [5, 5.41) is 5.45. The van der Waals surface area contributed by atoms with E-state index in [-0.39, 0.29) is 0 Å². The van der Waals surface area contributed by atoms with E-state index >= 15 is 0 Å². The van der Waals surface area contributed by atoms with Gasteiger partial charge >= 0.3 is 0 Å². The molecular weight excluding hydrogens is 230 g/mol. The van der Waals surface area contributed by atoms with E-state index in [9.17, 15) is 4.21 Å². The molecule has 1 rings (SSSR count). The third-order valence-corrected chi connectivity index (χ3v) is 3.97. The zero-order valence-corrected chi connectivity index (χ0v) is 11.8. The number of nitrogens with two attached hydrogens (primary N) is 1. The van der Waals surface area contributed by atoms with Crippen molar-refractivity contribution in [2.75, 3.05) is 0 Å². The van der Waals surface area contributed by atoms with Crippen LogP contribution in [0.5, 0.6) is 0 Å². The fraction of sp³-hybridized carbons (Fsp3) is 0.429. The summed E-state index contributed by atoms with van der Waals surface area (Å²) in [6, 6.07) is 8.25. The lowest BCUT2D eigenvalue weighted by Crippen LogP contribution is -2.29. The Morgan fingerprint density at radius 3 is 2.41 bits per heavy atom. The molecular formula is C14H21NOS. The Morgan fingerprint density at radius 1 is 1.29 bits per heavy atom. The number of hydrogen-bond donors (Lipinski definition) is 1.